The van der Waals surface area contributed by atoms with Crippen molar-refractivity contribution in [3.63, 3.8) is 0 Å². The molecule has 1 aromatic carbocycles. The van der Waals surface area contributed by atoms with Crippen molar-refractivity contribution in [2.45, 2.75) is 4.90 Å². The summed E-state index contributed by atoms with van der Waals surface area (Å²) in [7, 11) is 1.53. The summed E-state index contributed by atoms with van der Waals surface area (Å²) in [5.41, 5.74) is 0.587. The SMILES string of the molecule is COc1cc(SCCNCCN2CCOCC2)c(Cl)cc1NC(=O)Nc1cnc(C#N)cn1. The molecule has 10 nitrogen and oxygen atoms in total. The second-order valence-corrected chi connectivity index (χ2v) is 8.56. The van der Waals surface area contributed by atoms with Crippen LogP contribution < -0.4 is 20.7 Å². The Labute approximate surface area is 202 Å². The molecule has 1 saturated heterocycles. The van der Waals surface area contributed by atoms with Gasteiger partial charge in [-0.1, -0.05) is 11.6 Å². The highest BCUT2D eigenvalue weighted by atomic mass is 35.5. The van der Waals surface area contributed by atoms with Crippen LogP contribution in [-0.2, 0) is 4.74 Å². The maximum Gasteiger partial charge on any atom is 0.325 e. The molecule has 12 heteroatoms. The fraction of sp³-hybridized carbons (Fsp3) is 0.429. The van der Waals surface area contributed by atoms with Crippen LogP contribution >= 0.6 is 23.4 Å². The number of nitrogens with one attached hydrogen (secondary N) is 3. The topological polar surface area (TPSA) is 124 Å². The van der Waals surface area contributed by atoms with Crippen molar-refractivity contribution in [3.8, 4) is 11.8 Å². The molecule has 33 heavy (non-hydrogen) atoms. The second-order valence-electron chi connectivity index (χ2n) is 7.01. The Balaban J connectivity index is 1.46. The number of hydrogen-bond donors (Lipinski definition) is 3. The Morgan fingerprint density at radius 3 is 2.79 bits per heavy atom. The van der Waals surface area contributed by atoms with Gasteiger partial charge in [-0.2, -0.15) is 5.26 Å². The predicted octanol–water partition coefficient (Wildman–Crippen LogP) is 2.67. The lowest BCUT2D eigenvalue weighted by molar-refractivity contribution is 0.0385. The van der Waals surface area contributed by atoms with Gasteiger partial charge in [0.1, 0.15) is 11.8 Å². The number of anilines is 2. The van der Waals surface area contributed by atoms with Gasteiger partial charge >= 0.3 is 6.03 Å². The number of carbonyl (C=O) groups is 1. The van der Waals surface area contributed by atoms with Crippen LogP contribution in [0.4, 0.5) is 16.3 Å². The second kappa shape index (κ2) is 13.2. The summed E-state index contributed by atoms with van der Waals surface area (Å²) in [5, 5.41) is 18.0. The van der Waals surface area contributed by atoms with Crippen LogP contribution in [0.15, 0.2) is 29.4 Å². The van der Waals surface area contributed by atoms with Gasteiger partial charge in [0.15, 0.2) is 11.5 Å². The largest absolute Gasteiger partial charge is 0.495 e. The number of nitriles is 1. The van der Waals surface area contributed by atoms with Crippen LogP contribution in [0.1, 0.15) is 5.69 Å². The first-order chi connectivity index (χ1) is 16.1. The molecular weight excluding hydrogens is 466 g/mol. The first-order valence-corrected chi connectivity index (χ1v) is 11.8. The minimum Gasteiger partial charge on any atom is -0.495 e. The van der Waals surface area contributed by atoms with Gasteiger partial charge in [-0.3, -0.25) is 10.2 Å². The van der Waals surface area contributed by atoms with E-state index in [1.807, 2.05) is 6.07 Å². The number of aromatic nitrogens is 2. The van der Waals surface area contributed by atoms with Crippen LogP contribution in [0.3, 0.4) is 0 Å². The molecule has 176 valence electrons. The summed E-state index contributed by atoms with van der Waals surface area (Å²) in [6.07, 6.45) is 2.58. The average Bonchev–Trinajstić information content (AvgIpc) is 2.83. The lowest BCUT2D eigenvalue weighted by Crippen LogP contribution is -2.40. The zero-order valence-corrected chi connectivity index (χ0v) is 19.8. The number of urea groups is 1. The lowest BCUT2D eigenvalue weighted by Gasteiger charge is -2.26. The third-order valence-electron chi connectivity index (χ3n) is 4.76. The highest BCUT2D eigenvalue weighted by Crippen LogP contribution is 2.36. The summed E-state index contributed by atoms with van der Waals surface area (Å²) in [4.78, 5) is 23.4. The number of rotatable bonds is 10. The number of ether oxygens (including phenoxy) is 2. The molecule has 1 fully saturated rings. The normalized spacial score (nSPS) is 13.8. The number of methoxy groups -OCH3 is 1. The Bertz CT molecular complexity index is 966. The van der Waals surface area contributed by atoms with E-state index in [9.17, 15) is 4.79 Å². The predicted molar refractivity (Wildman–Crippen MR) is 128 cm³/mol. The van der Waals surface area contributed by atoms with Gasteiger partial charge in [0.05, 0.1) is 43.4 Å². The Kier molecular flexibility index (Phi) is 9.99. The van der Waals surface area contributed by atoms with Crippen LogP contribution in [0.25, 0.3) is 0 Å². The first-order valence-electron chi connectivity index (χ1n) is 10.4. The highest BCUT2D eigenvalue weighted by Gasteiger charge is 2.13. The van der Waals surface area contributed by atoms with Crippen LogP contribution in [0.2, 0.25) is 5.02 Å². The van der Waals surface area contributed by atoms with E-state index in [0.717, 1.165) is 56.6 Å². The van der Waals surface area contributed by atoms with E-state index >= 15 is 0 Å². The van der Waals surface area contributed by atoms with Gasteiger partial charge in [-0.25, -0.2) is 14.8 Å². The number of nitrogens with zero attached hydrogens (tertiary/aromatic N) is 4. The lowest BCUT2D eigenvalue weighted by atomic mass is 10.3. The molecule has 1 aromatic heterocycles. The number of thioether (sulfide) groups is 1. The Hall–Kier alpha value is -2.62. The Morgan fingerprint density at radius 1 is 1.27 bits per heavy atom. The van der Waals surface area contributed by atoms with E-state index < -0.39 is 6.03 Å². The molecule has 3 rings (SSSR count). The molecule has 0 aliphatic carbocycles. The molecule has 2 aromatic rings. The van der Waals surface area contributed by atoms with E-state index in [2.05, 4.69) is 30.8 Å². The van der Waals surface area contributed by atoms with Crippen molar-refractivity contribution in [2.24, 2.45) is 0 Å². The summed E-state index contributed by atoms with van der Waals surface area (Å²) in [6, 6.07) is 4.79. The molecule has 0 unspecified atom stereocenters. The quantitative estimate of drug-likeness (QED) is 0.339. The van der Waals surface area contributed by atoms with Gasteiger partial charge in [-0.05, 0) is 12.1 Å². The molecular formula is C21H26ClN7O3S. The fourth-order valence-corrected chi connectivity index (χ4v) is 4.23. The van der Waals surface area contributed by atoms with Crippen LogP contribution in [0, 0.1) is 11.3 Å². The van der Waals surface area contributed by atoms with E-state index in [-0.39, 0.29) is 11.5 Å². The molecule has 2 amide bonds. The fourth-order valence-electron chi connectivity index (χ4n) is 3.05. The van der Waals surface area contributed by atoms with Crippen molar-refractivity contribution in [2.75, 3.05) is 69.4 Å². The van der Waals surface area contributed by atoms with Crippen molar-refractivity contribution >= 4 is 40.9 Å². The third-order valence-corrected chi connectivity index (χ3v) is 6.24. The van der Waals surface area contributed by atoms with E-state index in [1.165, 1.54) is 19.5 Å². The third kappa shape index (κ3) is 8.03. The summed E-state index contributed by atoms with van der Waals surface area (Å²) >= 11 is 8.05. The number of benzene rings is 1. The number of morpholine rings is 1. The van der Waals surface area contributed by atoms with Crippen molar-refractivity contribution < 1.29 is 14.3 Å². The summed E-state index contributed by atoms with van der Waals surface area (Å²) < 4.78 is 10.8. The molecule has 0 radical (unpaired) electrons. The van der Waals surface area contributed by atoms with Crippen molar-refractivity contribution in [1.29, 1.82) is 5.26 Å². The average molecular weight is 492 g/mol. The number of amides is 2. The molecule has 1 aliphatic rings. The zero-order chi connectivity index (χ0) is 23.5. The monoisotopic (exact) mass is 491 g/mol. The number of carbonyl (C=O) groups excluding carboxylic acids is 1. The van der Waals surface area contributed by atoms with Crippen LogP contribution in [-0.4, -0.2) is 79.7 Å². The van der Waals surface area contributed by atoms with Crippen molar-refractivity contribution in [3.05, 3.63) is 35.2 Å². The summed E-state index contributed by atoms with van der Waals surface area (Å²) in [6.45, 7) is 6.40. The Morgan fingerprint density at radius 2 is 2.09 bits per heavy atom. The minimum atomic E-state index is -0.534. The summed E-state index contributed by atoms with van der Waals surface area (Å²) in [5.74, 6) is 1.55. The van der Waals surface area contributed by atoms with Gasteiger partial charge < -0.3 is 20.1 Å². The molecule has 2 heterocycles. The maximum atomic E-state index is 12.3. The van der Waals surface area contributed by atoms with Gasteiger partial charge in [-0.15, -0.1) is 11.8 Å². The smallest absolute Gasteiger partial charge is 0.325 e. The highest BCUT2D eigenvalue weighted by molar-refractivity contribution is 7.99. The van der Waals surface area contributed by atoms with Crippen LogP contribution in [0.5, 0.6) is 5.75 Å². The number of halogens is 1. The molecule has 3 N–H and O–H groups in total. The van der Waals surface area contributed by atoms with E-state index in [1.54, 1.807) is 23.9 Å². The molecule has 0 bridgehead atoms. The van der Waals surface area contributed by atoms with Crippen molar-refractivity contribution in [1.82, 2.24) is 20.2 Å². The molecule has 0 atom stereocenters. The number of hydrogen-bond acceptors (Lipinski definition) is 9. The molecule has 0 spiro atoms. The molecule has 0 saturated carbocycles. The van der Waals surface area contributed by atoms with E-state index in [0.29, 0.717) is 16.5 Å². The van der Waals surface area contributed by atoms with Gasteiger partial charge in [0, 0.05) is 43.4 Å². The standard InChI is InChI=1S/C21H26ClN7O3S/c1-31-18-11-19(33-9-3-24-2-4-29-5-7-32-8-6-29)16(22)10-17(18)27-21(30)28-20-14-25-15(12-23)13-26-20/h10-11,13-14,24H,2-9H2,1H3,(H2,26,27,28,30). The minimum absolute atomic E-state index is 0.162. The van der Waals surface area contributed by atoms with E-state index in [4.69, 9.17) is 26.3 Å². The first kappa shape index (κ1) is 25.0. The molecule has 1 aliphatic heterocycles. The van der Waals surface area contributed by atoms with Gasteiger partial charge in [0.2, 0.25) is 0 Å². The van der Waals surface area contributed by atoms with Gasteiger partial charge in [0.25, 0.3) is 0 Å². The zero-order valence-electron chi connectivity index (χ0n) is 18.3. The maximum absolute atomic E-state index is 12.3.